The van der Waals surface area contributed by atoms with Crippen LogP contribution in [-0.4, -0.2) is 35.3 Å². The van der Waals surface area contributed by atoms with Gasteiger partial charge in [0.25, 0.3) is 0 Å². The number of ether oxygens (including phenoxy) is 1. The van der Waals surface area contributed by atoms with E-state index in [-0.39, 0.29) is 11.6 Å². The molecule has 0 heterocycles. The van der Waals surface area contributed by atoms with E-state index in [1.165, 1.54) is 12.2 Å². The van der Waals surface area contributed by atoms with Crippen molar-refractivity contribution in [3.63, 3.8) is 0 Å². The second-order valence-electron chi connectivity index (χ2n) is 9.45. The summed E-state index contributed by atoms with van der Waals surface area (Å²) in [5.74, 6) is -0.614. The molecule has 0 aromatic heterocycles. The largest absolute Gasteiger partial charge is 0.496 e. The Morgan fingerprint density at radius 1 is 0.786 bits per heavy atom. The standard InChI is InChI=1S/C21H30O5Si2/c1-24-16-10-8-9-13-17(16)21(26-28(5,6)7)19-15(23)12-11-14(22)18(19)20(13)25-27(2,3)4/h8-12,18-21H,1-7H3/t18-,19+,20+,21-/m0/s1. The Morgan fingerprint density at radius 3 is 1.79 bits per heavy atom. The van der Waals surface area contributed by atoms with Crippen LogP contribution in [0.4, 0.5) is 0 Å². The minimum Gasteiger partial charge on any atom is -0.496 e. The molecule has 0 aliphatic heterocycles. The van der Waals surface area contributed by atoms with Crippen LogP contribution in [0.5, 0.6) is 5.75 Å². The number of rotatable bonds is 5. The molecule has 2 aliphatic carbocycles. The number of carbonyl (C=O) groups is 2. The highest BCUT2D eigenvalue weighted by Crippen LogP contribution is 2.53. The van der Waals surface area contributed by atoms with Crippen LogP contribution in [-0.2, 0) is 18.4 Å². The lowest BCUT2D eigenvalue weighted by molar-refractivity contribution is -0.139. The Kier molecular flexibility index (Phi) is 5.57. The van der Waals surface area contributed by atoms with E-state index < -0.39 is 40.7 Å². The average Bonchev–Trinajstić information content (AvgIpc) is 2.57. The maximum absolute atomic E-state index is 13.0. The Hall–Kier alpha value is -1.55. The van der Waals surface area contributed by atoms with E-state index in [0.29, 0.717) is 5.75 Å². The zero-order valence-corrected chi connectivity index (χ0v) is 19.7. The normalized spacial score (nSPS) is 27.4. The molecule has 1 aromatic rings. The zero-order chi connectivity index (χ0) is 20.9. The van der Waals surface area contributed by atoms with Gasteiger partial charge in [0.1, 0.15) is 5.75 Å². The number of allylic oxidation sites excluding steroid dienone is 2. The molecule has 0 fully saturated rings. The van der Waals surface area contributed by atoms with Gasteiger partial charge in [-0.1, -0.05) is 12.1 Å². The van der Waals surface area contributed by atoms with E-state index in [9.17, 15) is 9.59 Å². The van der Waals surface area contributed by atoms with Crippen molar-refractivity contribution in [3.05, 3.63) is 41.5 Å². The fraction of sp³-hybridized carbons (Fsp3) is 0.524. The Labute approximate surface area is 169 Å². The van der Waals surface area contributed by atoms with Crippen LogP contribution in [0.3, 0.4) is 0 Å². The monoisotopic (exact) mass is 418 g/mol. The SMILES string of the molecule is COc1cccc2c1[C@H](O[Si](C)(C)C)[C@@H]1C(=O)C=CC(=O)[C@@H]1[C@@H]2O[Si](C)(C)C. The maximum atomic E-state index is 13.0. The van der Waals surface area contributed by atoms with Crippen LogP contribution in [0.15, 0.2) is 30.4 Å². The Bertz CT molecular complexity index is 819. The van der Waals surface area contributed by atoms with Gasteiger partial charge in [0.2, 0.25) is 0 Å². The van der Waals surface area contributed by atoms with Crippen molar-refractivity contribution in [3.8, 4) is 5.75 Å². The molecule has 0 saturated carbocycles. The van der Waals surface area contributed by atoms with Crippen molar-refractivity contribution >= 4 is 28.2 Å². The second-order valence-corrected chi connectivity index (χ2v) is 18.4. The third-order valence-electron chi connectivity index (χ3n) is 4.98. The van der Waals surface area contributed by atoms with E-state index >= 15 is 0 Å². The molecule has 0 amide bonds. The molecule has 0 saturated heterocycles. The lowest BCUT2D eigenvalue weighted by atomic mass is 9.66. The lowest BCUT2D eigenvalue weighted by Gasteiger charge is -2.46. The van der Waals surface area contributed by atoms with Gasteiger partial charge in [-0.25, -0.2) is 0 Å². The molecule has 7 heteroatoms. The van der Waals surface area contributed by atoms with Crippen LogP contribution in [0.25, 0.3) is 0 Å². The van der Waals surface area contributed by atoms with Crippen LogP contribution in [0, 0.1) is 11.8 Å². The predicted molar refractivity (Wildman–Crippen MR) is 113 cm³/mol. The summed E-state index contributed by atoms with van der Waals surface area (Å²) >= 11 is 0. The molecule has 0 spiro atoms. The summed E-state index contributed by atoms with van der Waals surface area (Å²) in [7, 11) is -2.40. The summed E-state index contributed by atoms with van der Waals surface area (Å²) in [6.07, 6.45) is 1.83. The number of carbonyl (C=O) groups excluding carboxylic acids is 2. The van der Waals surface area contributed by atoms with Crippen molar-refractivity contribution < 1.29 is 23.2 Å². The number of benzene rings is 1. The number of methoxy groups -OCH3 is 1. The molecule has 3 rings (SSSR count). The highest BCUT2D eigenvalue weighted by Gasteiger charge is 2.53. The summed E-state index contributed by atoms with van der Waals surface area (Å²) in [6.45, 7) is 12.6. The van der Waals surface area contributed by atoms with E-state index in [4.69, 9.17) is 13.6 Å². The topological polar surface area (TPSA) is 61.8 Å². The molecule has 152 valence electrons. The van der Waals surface area contributed by atoms with Gasteiger partial charge in [0, 0.05) is 5.56 Å². The minimum absolute atomic E-state index is 0.0644. The number of hydrogen-bond acceptors (Lipinski definition) is 5. The summed E-state index contributed by atoms with van der Waals surface area (Å²) in [4.78, 5) is 26.0. The molecular weight excluding hydrogens is 388 g/mol. The van der Waals surface area contributed by atoms with Crippen LogP contribution < -0.4 is 4.74 Å². The summed E-state index contributed by atoms with van der Waals surface area (Å²) in [5, 5.41) is 0. The number of fused-ring (bicyclic) bond motifs is 2. The van der Waals surface area contributed by atoms with Crippen molar-refractivity contribution in [2.24, 2.45) is 11.8 Å². The predicted octanol–water partition coefficient (Wildman–Crippen LogP) is 4.43. The maximum Gasteiger partial charge on any atom is 0.184 e. The summed E-state index contributed by atoms with van der Waals surface area (Å²) in [6, 6.07) is 5.78. The van der Waals surface area contributed by atoms with Crippen LogP contribution in [0.1, 0.15) is 23.3 Å². The van der Waals surface area contributed by atoms with Crippen molar-refractivity contribution in [2.45, 2.75) is 51.5 Å². The Morgan fingerprint density at radius 2 is 1.29 bits per heavy atom. The quantitative estimate of drug-likeness (QED) is 0.662. The summed E-state index contributed by atoms with van der Waals surface area (Å²) < 4.78 is 18.7. The molecule has 28 heavy (non-hydrogen) atoms. The molecule has 1 aromatic carbocycles. The highest BCUT2D eigenvalue weighted by molar-refractivity contribution is 6.70. The molecule has 5 nitrogen and oxygen atoms in total. The smallest absolute Gasteiger partial charge is 0.184 e. The fourth-order valence-corrected chi connectivity index (χ4v) is 6.17. The van der Waals surface area contributed by atoms with E-state index in [2.05, 4.69) is 39.3 Å². The molecule has 0 bridgehead atoms. The third-order valence-corrected chi connectivity index (χ3v) is 6.90. The molecule has 4 atom stereocenters. The molecule has 0 N–H and O–H groups in total. The second kappa shape index (κ2) is 7.37. The first kappa shape index (κ1) is 21.2. The van der Waals surface area contributed by atoms with Crippen molar-refractivity contribution in [1.29, 1.82) is 0 Å². The molecule has 2 aliphatic rings. The Balaban J connectivity index is 2.26. The third kappa shape index (κ3) is 4.08. The highest BCUT2D eigenvalue weighted by atomic mass is 28.4. The first-order valence-electron chi connectivity index (χ1n) is 9.71. The van der Waals surface area contributed by atoms with Crippen LogP contribution >= 0.6 is 0 Å². The van der Waals surface area contributed by atoms with Gasteiger partial charge in [0.15, 0.2) is 28.2 Å². The van der Waals surface area contributed by atoms with E-state index in [1.54, 1.807) is 7.11 Å². The van der Waals surface area contributed by atoms with Crippen LogP contribution in [0.2, 0.25) is 39.3 Å². The first-order valence-corrected chi connectivity index (χ1v) is 16.5. The fourth-order valence-electron chi connectivity index (χ4n) is 4.11. The molecular formula is C21H30O5Si2. The van der Waals surface area contributed by atoms with E-state index in [0.717, 1.165) is 11.1 Å². The van der Waals surface area contributed by atoms with Gasteiger partial charge in [0.05, 0.1) is 31.2 Å². The molecule has 0 unspecified atom stereocenters. The number of ketones is 2. The minimum atomic E-state index is -2.02. The van der Waals surface area contributed by atoms with Gasteiger partial charge in [-0.3, -0.25) is 9.59 Å². The van der Waals surface area contributed by atoms with E-state index in [1.807, 2.05) is 18.2 Å². The summed E-state index contributed by atoms with van der Waals surface area (Å²) in [5.41, 5.74) is 1.76. The van der Waals surface area contributed by atoms with Gasteiger partial charge in [-0.2, -0.15) is 0 Å². The van der Waals surface area contributed by atoms with Gasteiger partial charge in [-0.05, 0) is 63.1 Å². The molecule has 0 radical (unpaired) electrons. The lowest BCUT2D eigenvalue weighted by Crippen LogP contribution is -2.49. The number of hydrogen-bond donors (Lipinski definition) is 0. The zero-order valence-electron chi connectivity index (χ0n) is 17.7. The van der Waals surface area contributed by atoms with Gasteiger partial charge in [-0.15, -0.1) is 0 Å². The van der Waals surface area contributed by atoms with Crippen molar-refractivity contribution in [2.75, 3.05) is 7.11 Å². The average molecular weight is 419 g/mol. The first-order chi connectivity index (χ1) is 12.9. The van der Waals surface area contributed by atoms with Gasteiger partial charge >= 0.3 is 0 Å². The van der Waals surface area contributed by atoms with Gasteiger partial charge < -0.3 is 13.6 Å². The van der Waals surface area contributed by atoms with Crippen molar-refractivity contribution in [1.82, 2.24) is 0 Å².